The molecule has 1 saturated heterocycles. The molecular weight excluding hydrogens is 397 g/mol. The molecule has 0 bridgehead atoms. The highest BCUT2D eigenvalue weighted by atomic mass is 32.2. The zero-order chi connectivity index (χ0) is 20.1. The van der Waals surface area contributed by atoms with E-state index in [2.05, 4.69) is 15.1 Å². The fourth-order valence-electron chi connectivity index (χ4n) is 2.31. The molecular formula is C14H23N5O6PS+. The first-order valence-corrected chi connectivity index (χ1v) is 10.4. The largest absolute Gasteiger partial charge is 0.613 e. The molecule has 1 aromatic heterocycles. The number of carbonyl (C=O) groups is 1. The first-order valence-electron chi connectivity index (χ1n) is 8.28. The number of anilines is 1. The van der Waals surface area contributed by atoms with Crippen LogP contribution in [0.3, 0.4) is 0 Å². The summed E-state index contributed by atoms with van der Waals surface area (Å²) in [4.78, 5) is 30.9. The number of aliphatic hydroxyl groups is 1. The van der Waals surface area contributed by atoms with E-state index in [0.717, 1.165) is 0 Å². The summed E-state index contributed by atoms with van der Waals surface area (Å²) in [5, 5.41) is 11.9. The van der Waals surface area contributed by atoms with Gasteiger partial charge >= 0.3 is 19.8 Å². The van der Waals surface area contributed by atoms with E-state index in [4.69, 9.17) is 15.0 Å². The molecule has 1 aliphatic heterocycles. The van der Waals surface area contributed by atoms with Gasteiger partial charge in [0.25, 0.3) is 0 Å². The first kappa shape index (κ1) is 21.7. The molecule has 0 saturated carbocycles. The Morgan fingerprint density at radius 2 is 2.26 bits per heavy atom. The maximum atomic E-state index is 12.0. The van der Waals surface area contributed by atoms with Gasteiger partial charge in [0.15, 0.2) is 0 Å². The maximum Gasteiger partial charge on any atom is 0.613 e. The van der Waals surface area contributed by atoms with Crippen molar-refractivity contribution in [3.8, 4) is 0 Å². The van der Waals surface area contributed by atoms with Crippen molar-refractivity contribution in [3.63, 3.8) is 0 Å². The van der Waals surface area contributed by atoms with Crippen LogP contribution in [-0.4, -0.2) is 55.7 Å². The van der Waals surface area contributed by atoms with Gasteiger partial charge in [0.2, 0.25) is 5.95 Å². The number of aromatic nitrogens is 3. The number of nitrogens with zero attached hydrogens (tertiary/aromatic N) is 3. The molecule has 2 unspecified atom stereocenters. The van der Waals surface area contributed by atoms with Gasteiger partial charge < -0.3 is 15.6 Å². The van der Waals surface area contributed by atoms with E-state index in [1.165, 1.54) is 29.6 Å². The van der Waals surface area contributed by atoms with Crippen molar-refractivity contribution < 1.29 is 23.7 Å². The number of carbonyl (C=O) groups excluding carboxylic acids is 1. The Kier molecular flexibility index (Phi) is 7.68. The number of esters is 1. The minimum Gasteiger partial charge on any atom is -0.462 e. The van der Waals surface area contributed by atoms with E-state index >= 15 is 0 Å². The Morgan fingerprint density at radius 1 is 1.56 bits per heavy atom. The topological polar surface area (TPSA) is 159 Å². The van der Waals surface area contributed by atoms with Gasteiger partial charge in [-0.1, -0.05) is 5.09 Å². The Hall–Kier alpha value is -1.59. The van der Waals surface area contributed by atoms with Crippen LogP contribution in [-0.2, 0) is 18.6 Å². The standard InChI is InChI=1S/C14H22N5O6PS/c1-7(2)25-12(21)8(3)18-26(23)24-5-10-9(20)4-11(27-10)19-6-16-13(15)17-14(19)22/h6-11,20H,4-5H2,1-3H3,(H2-,15,17,18,22,23)/p+1/t8-,9+,10?,11+/m0/s1. The Balaban J connectivity index is 1.84. The molecule has 0 spiro atoms. The van der Waals surface area contributed by atoms with Gasteiger partial charge in [-0.3, -0.25) is 9.36 Å². The molecule has 27 heavy (non-hydrogen) atoms. The molecule has 11 nitrogen and oxygen atoms in total. The number of nitrogens with two attached hydrogens (primary N) is 1. The number of ether oxygens (including phenoxy) is 1. The van der Waals surface area contributed by atoms with E-state index < -0.39 is 37.2 Å². The molecule has 4 N–H and O–H groups in total. The lowest BCUT2D eigenvalue weighted by Gasteiger charge is -2.12. The summed E-state index contributed by atoms with van der Waals surface area (Å²) in [6.45, 7) is 4.92. The molecule has 150 valence electrons. The molecule has 5 atom stereocenters. The van der Waals surface area contributed by atoms with Crippen molar-refractivity contribution >= 4 is 31.9 Å². The number of nitrogen functional groups attached to an aromatic ring is 1. The summed E-state index contributed by atoms with van der Waals surface area (Å²) in [7, 11) is -2.33. The Labute approximate surface area is 161 Å². The third kappa shape index (κ3) is 6.22. The van der Waals surface area contributed by atoms with Crippen molar-refractivity contribution in [2.45, 2.75) is 56.1 Å². The molecule has 1 aliphatic rings. The fourth-order valence-corrected chi connectivity index (χ4v) is 4.63. The third-order valence-electron chi connectivity index (χ3n) is 3.62. The molecule has 2 heterocycles. The maximum absolute atomic E-state index is 12.0. The average Bonchev–Trinajstić information content (AvgIpc) is 2.92. The number of thioether (sulfide) groups is 1. The summed E-state index contributed by atoms with van der Waals surface area (Å²) in [6.07, 6.45) is 0.523. The van der Waals surface area contributed by atoms with Crippen LogP contribution in [0.5, 0.6) is 0 Å². The van der Waals surface area contributed by atoms with Gasteiger partial charge in [-0.2, -0.15) is 4.98 Å². The molecule has 0 aliphatic carbocycles. The van der Waals surface area contributed by atoms with Crippen LogP contribution in [0, 0.1) is 0 Å². The van der Waals surface area contributed by atoms with Gasteiger partial charge in [0, 0.05) is 6.42 Å². The van der Waals surface area contributed by atoms with Crippen LogP contribution < -0.4 is 16.5 Å². The molecule has 1 aromatic rings. The van der Waals surface area contributed by atoms with Gasteiger partial charge in [-0.15, -0.1) is 16.3 Å². The van der Waals surface area contributed by atoms with Gasteiger partial charge in [0.05, 0.1) is 22.8 Å². The lowest BCUT2D eigenvalue weighted by atomic mass is 10.2. The third-order valence-corrected chi connectivity index (χ3v) is 6.14. The lowest BCUT2D eigenvalue weighted by Crippen LogP contribution is -2.33. The van der Waals surface area contributed by atoms with Crippen molar-refractivity contribution in [2.24, 2.45) is 0 Å². The molecule has 0 amide bonds. The Morgan fingerprint density at radius 3 is 2.89 bits per heavy atom. The van der Waals surface area contributed by atoms with Gasteiger partial charge in [0.1, 0.15) is 19.0 Å². The SMILES string of the molecule is CC(C)OC(=O)[C@H](C)N[P+](=O)OCC1S[C@@H](n2cnc(N)nc2=O)C[C@H]1O. The fraction of sp³-hybridized carbons (Fsp3) is 0.714. The predicted octanol–water partition coefficient (Wildman–Crippen LogP) is 0.189. The first-order chi connectivity index (χ1) is 12.7. The second kappa shape index (κ2) is 9.56. The van der Waals surface area contributed by atoms with Crippen LogP contribution in [0.2, 0.25) is 0 Å². The van der Waals surface area contributed by atoms with E-state index in [1.54, 1.807) is 13.8 Å². The van der Waals surface area contributed by atoms with E-state index in [-0.39, 0.29) is 30.5 Å². The van der Waals surface area contributed by atoms with Crippen LogP contribution in [0.25, 0.3) is 0 Å². The predicted molar refractivity (Wildman–Crippen MR) is 99.1 cm³/mol. The highest BCUT2D eigenvalue weighted by molar-refractivity contribution is 8.00. The summed E-state index contributed by atoms with van der Waals surface area (Å²) in [6, 6.07) is -0.796. The molecule has 13 heteroatoms. The quantitative estimate of drug-likeness (QED) is 0.389. The zero-order valence-corrected chi connectivity index (χ0v) is 16.9. The monoisotopic (exact) mass is 420 g/mol. The molecule has 2 rings (SSSR count). The van der Waals surface area contributed by atoms with E-state index in [1.807, 2.05) is 0 Å². The summed E-state index contributed by atoms with van der Waals surface area (Å²) >= 11 is 1.29. The summed E-state index contributed by atoms with van der Waals surface area (Å²) in [5.74, 6) is -0.650. The molecule has 1 fully saturated rings. The number of nitrogens with one attached hydrogen (secondary N) is 1. The number of rotatable bonds is 8. The zero-order valence-electron chi connectivity index (χ0n) is 15.1. The minimum absolute atomic E-state index is 0.0267. The summed E-state index contributed by atoms with van der Waals surface area (Å²) in [5.41, 5.74) is 4.81. The smallest absolute Gasteiger partial charge is 0.462 e. The highest BCUT2D eigenvalue weighted by Gasteiger charge is 2.38. The van der Waals surface area contributed by atoms with Crippen LogP contribution >= 0.6 is 19.9 Å². The van der Waals surface area contributed by atoms with Gasteiger partial charge in [-0.25, -0.2) is 9.78 Å². The van der Waals surface area contributed by atoms with Crippen LogP contribution in [0.4, 0.5) is 5.95 Å². The van der Waals surface area contributed by atoms with E-state index in [0.29, 0.717) is 0 Å². The summed E-state index contributed by atoms with van der Waals surface area (Å²) < 4.78 is 23.5. The number of aliphatic hydroxyl groups excluding tert-OH is 1. The van der Waals surface area contributed by atoms with Crippen LogP contribution in [0.1, 0.15) is 32.6 Å². The van der Waals surface area contributed by atoms with Crippen molar-refractivity contribution in [3.05, 3.63) is 16.8 Å². The van der Waals surface area contributed by atoms with E-state index in [9.17, 15) is 19.3 Å². The molecule has 0 radical (unpaired) electrons. The van der Waals surface area contributed by atoms with Gasteiger partial charge in [-0.05, 0) is 25.3 Å². The van der Waals surface area contributed by atoms with Crippen molar-refractivity contribution in [1.29, 1.82) is 0 Å². The minimum atomic E-state index is -2.33. The lowest BCUT2D eigenvalue weighted by molar-refractivity contribution is -0.149. The normalized spacial score (nSPS) is 24.0. The van der Waals surface area contributed by atoms with Crippen molar-refractivity contribution in [1.82, 2.24) is 19.6 Å². The second-order valence-electron chi connectivity index (χ2n) is 6.23. The number of hydrogen-bond donors (Lipinski definition) is 3. The number of hydrogen-bond acceptors (Lipinski definition) is 10. The Bertz CT molecular complexity index is 747. The second-order valence-corrected chi connectivity index (χ2v) is 8.68. The molecule has 0 aromatic carbocycles. The van der Waals surface area contributed by atoms with Crippen molar-refractivity contribution in [2.75, 3.05) is 12.3 Å². The average molecular weight is 420 g/mol. The highest BCUT2D eigenvalue weighted by Crippen LogP contribution is 2.41. The van der Waals surface area contributed by atoms with Crippen LogP contribution in [0.15, 0.2) is 11.1 Å².